The Morgan fingerprint density at radius 3 is 2.72 bits per heavy atom. The number of piperidine rings is 1. The van der Waals surface area contributed by atoms with Gasteiger partial charge in [-0.2, -0.15) is 13.5 Å². The number of hydroxylamine groups is 2. The highest BCUT2D eigenvalue weighted by atomic mass is 32.3. The minimum Gasteiger partial charge on any atom is -0.459 e. The van der Waals surface area contributed by atoms with Crippen LogP contribution in [0.4, 0.5) is 4.79 Å². The molecule has 2 aliphatic rings. The van der Waals surface area contributed by atoms with Crippen molar-refractivity contribution in [2.75, 3.05) is 6.54 Å². The van der Waals surface area contributed by atoms with E-state index in [1.54, 1.807) is 0 Å². The van der Waals surface area contributed by atoms with Crippen molar-refractivity contribution < 1.29 is 36.1 Å². The van der Waals surface area contributed by atoms with Crippen LogP contribution in [0.25, 0.3) is 0 Å². The fraction of sp³-hybridized carbons (Fsp3) is 0.417. The SMILES string of the molecule is NN(C(=O)c1ccco1)C(=O)C1CCC2CN1C(=O)N2OS(=O)(=O)O. The maximum atomic E-state index is 12.5. The minimum absolute atomic E-state index is 0.00641. The van der Waals surface area contributed by atoms with E-state index in [0.717, 1.165) is 4.90 Å². The largest absolute Gasteiger partial charge is 0.459 e. The fourth-order valence-electron chi connectivity index (χ4n) is 2.87. The van der Waals surface area contributed by atoms with E-state index in [4.69, 9.17) is 14.8 Å². The first kappa shape index (κ1) is 17.3. The number of hydrazine groups is 1. The first-order valence-electron chi connectivity index (χ1n) is 7.12. The van der Waals surface area contributed by atoms with Crippen molar-refractivity contribution >= 4 is 28.2 Å². The molecule has 3 heterocycles. The zero-order chi connectivity index (χ0) is 18.4. The first-order valence-corrected chi connectivity index (χ1v) is 8.49. The van der Waals surface area contributed by atoms with Gasteiger partial charge in [-0.05, 0) is 25.0 Å². The summed E-state index contributed by atoms with van der Waals surface area (Å²) in [4.78, 5) is 37.8. The molecule has 2 aliphatic heterocycles. The molecule has 1 aromatic heterocycles. The lowest BCUT2D eigenvalue weighted by Gasteiger charge is -2.31. The Bertz CT molecular complexity index is 807. The molecule has 25 heavy (non-hydrogen) atoms. The lowest BCUT2D eigenvalue weighted by atomic mass is 10.00. The number of urea groups is 1. The summed E-state index contributed by atoms with van der Waals surface area (Å²) in [7, 11) is -4.88. The Balaban J connectivity index is 1.75. The Kier molecular flexibility index (Phi) is 4.24. The first-order chi connectivity index (χ1) is 11.7. The third kappa shape index (κ3) is 3.21. The Labute approximate surface area is 141 Å². The molecular weight excluding hydrogens is 360 g/mol. The van der Waals surface area contributed by atoms with Gasteiger partial charge in [0.05, 0.1) is 12.3 Å². The van der Waals surface area contributed by atoms with Gasteiger partial charge in [0.1, 0.15) is 6.04 Å². The second-order valence-electron chi connectivity index (χ2n) is 5.50. The normalized spacial score (nSPS) is 23.0. The number of carbonyl (C=O) groups is 3. The van der Waals surface area contributed by atoms with Crippen LogP contribution in [0, 0.1) is 0 Å². The van der Waals surface area contributed by atoms with E-state index in [1.165, 1.54) is 18.4 Å². The quantitative estimate of drug-likeness (QED) is 0.224. The Morgan fingerprint density at radius 2 is 2.12 bits per heavy atom. The number of nitrogens with zero attached hydrogens (tertiary/aromatic N) is 3. The van der Waals surface area contributed by atoms with E-state index in [0.29, 0.717) is 10.1 Å². The maximum Gasteiger partial charge on any atom is 0.418 e. The summed E-state index contributed by atoms with van der Waals surface area (Å²) >= 11 is 0. The highest BCUT2D eigenvalue weighted by molar-refractivity contribution is 7.80. The monoisotopic (exact) mass is 374 g/mol. The standard InChI is InChI=1S/C12H14N4O8S/c13-15(11(18)9-2-1-5-23-9)10(17)8-4-3-7-6-14(8)12(19)16(7)24-25(20,21)22/h1-2,5,7-8H,3-4,6,13H2,(H,20,21,22). The second-order valence-corrected chi connectivity index (χ2v) is 6.51. The van der Waals surface area contributed by atoms with Gasteiger partial charge in [0.15, 0.2) is 5.76 Å². The Hall–Kier alpha value is -2.48. The highest BCUT2D eigenvalue weighted by Crippen LogP contribution is 2.31. The summed E-state index contributed by atoms with van der Waals surface area (Å²) in [5, 5.41) is 0.848. The molecule has 2 saturated heterocycles. The van der Waals surface area contributed by atoms with Crippen LogP contribution in [0.3, 0.4) is 0 Å². The molecule has 3 rings (SSSR count). The molecule has 12 nitrogen and oxygen atoms in total. The third-order valence-electron chi connectivity index (χ3n) is 3.97. The lowest BCUT2D eigenvalue weighted by molar-refractivity contribution is -0.134. The topological polar surface area (TPSA) is 164 Å². The number of nitrogens with two attached hydrogens (primary N) is 1. The molecular formula is C12H14N4O8S. The van der Waals surface area contributed by atoms with Crippen LogP contribution in [0.1, 0.15) is 23.4 Å². The van der Waals surface area contributed by atoms with Gasteiger partial charge in [-0.3, -0.25) is 14.1 Å². The molecule has 2 bridgehead atoms. The zero-order valence-electron chi connectivity index (χ0n) is 12.6. The number of amides is 4. The molecule has 2 atom stereocenters. The van der Waals surface area contributed by atoms with Crippen LogP contribution in [0.2, 0.25) is 0 Å². The summed E-state index contributed by atoms with van der Waals surface area (Å²) in [6, 6.07) is 0.144. The van der Waals surface area contributed by atoms with Gasteiger partial charge < -0.3 is 9.32 Å². The van der Waals surface area contributed by atoms with Crippen LogP contribution >= 0.6 is 0 Å². The van der Waals surface area contributed by atoms with E-state index in [1.807, 2.05) is 0 Å². The van der Waals surface area contributed by atoms with E-state index in [2.05, 4.69) is 4.28 Å². The molecule has 0 radical (unpaired) electrons. The molecule has 4 amide bonds. The molecule has 0 aliphatic carbocycles. The summed E-state index contributed by atoms with van der Waals surface area (Å²) in [5.41, 5.74) is 0. The van der Waals surface area contributed by atoms with Gasteiger partial charge >= 0.3 is 22.3 Å². The number of carbonyl (C=O) groups excluding carboxylic acids is 3. The van der Waals surface area contributed by atoms with Gasteiger partial charge in [-0.15, -0.1) is 4.28 Å². The van der Waals surface area contributed by atoms with E-state index in [-0.39, 0.29) is 25.1 Å². The number of furan rings is 1. The van der Waals surface area contributed by atoms with Crippen LogP contribution in [0.15, 0.2) is 22.8 Å². The molecule has 3 N–H and O–H groups in total. The summed E-state index contributed by atoms with van der Waals surface area (Å²) in [6.07, 6.45) is 1.60. The van der Waals surface area contributed by atoms with Crippen LogP contribution in [-0.4, -0.2) is 64.4 Å². The van der Waals surface area contributed by atoms with E-state index in [9.17, 15) is 22.8 Å². The molecule has 13 heteroatoms. The predicted octanol–water partition coefficient (Wildman–Crippen LogP) is -0.875. The number of fused-ring (bicyclic) bond motifs is 2. The van der Waals surface area contributed by atoms with Crippen molar-refractivity contribution in [1.82, 2.24) is 15.0 Å². The fourth-order valence-corrected chi connectivity index (χ4v) is 3.26. The zero-order valence-corrected chi connectivity index (χ0v) is 13.5. The smallest absolute Gasteiger partial charge is 0.418 e. The average molecular weight is 374 g/mol. The van der Waals surface area contributed by atoms with Crippen LogP contribution in [0.5, 0.6) is 0 Å². The van der Waals surface area contributed by atoms with Gasteiger partial charge in [0.2, 0.25) is 0 Å². The molecule has 1 aromatic rings. The van der Waals surface area contributed by atoms with Crippen molar-refractivity contribution in [2.24, 2.45) is 5.84 Å². The summed E-state index contributed by atoms with van der Waals surface area (Å²) in [5.74, 6) is 3.68. The van der Waals surface area contributed by atoms with Gasteiger partial charge in [0.25, 0.3) is 5.91 Å². The van der Waals surface area contributed by atoms with Crippen LogP contribution < -0.4 is 5.84 Å². The maximum absolute atomic E-state index is 12.5. The van der Waals surface area contributed by atoms with Crippen molar-refractivity contribution in [3.05, 3.63) is 24.2 Å². The number of imide groups is 1. The molecule has 0 spiro atoms. The molecule has 0 saturated carbocycles. The van der Waals surface area contributed by atoms with Crippen molar-refractivity contribution in [3.63, 3.8) is 0 Å². The van der Waals surface area contributed by atoms with Gasteiger partial charge in [-0.1, -0.05) is 0 Å². The second kappa shape index (κ2) is 6.11. The van der Waals surface area contributed by atoms with E-state index >= 15 is 0 Å². The van der Waals surface area contributed by atoms with Crippen molar-refractivity contribution in [1.29, 1.82) is 0 Å². The van der Waals surface area contributed by atoms with E-state index < -0.39 is 40.3 Å². The number of hydrogen-bond acceptors (Lipinski definition) is 8. The lowest BCUT2D eigenvalue weighted by Crippen LogP contribution is -2.55. The molecule has 0 aromatic carbocycles. The number of rotatable bonds is 4. The van der Waals surface area contributed by atoms with Crippen molar-refractivity contribution in [3.8, 4) is 0 Å². The molecule has 136 valence electrons. The van der Waals surface area contributed by atoms with Crippen LogP contribution in [-0.2, 0) is 19.5 Å². The summed E-state index contributed by atoms with van der Waals surface area (Å²) in [6.45, 7) is -0.00641. The third-order valence-corrected chi connectivity index (χ3v) is 4.32. The average Bonchev–Trinajstić information content (AvgIpc) is 3.16. The minimum atomic E-state index is -4.88. The number of hydrogen-bond donors (Lipinski definition) is 2. The Morgan fingerprint density at radius 1 is 1.40 bits per heavy atom. The summed E-state index contributed by atoms with van der Waals surface area (Å²) < 4.78 is 39.6. The predicted molar refractivity (Wildman–Crippen MR) is 77.5 cm³/mol. The molecule has 2 unspecified atom stereocenters. The van der Waals surface area contributed by atoms with Crippen molar-refractivity contribution in [2.45, 2.75) is 24.9 Å². The van der Waals surface area contributed by atoms with Gasteiger partial charge in [-0.25, -0.2) is 15.6 Å². The molecule has 2 fully saturated rings. The van der Waals surface area contributed by atoms with Gasteiger partial charge in [0, 0.05) is 6.54 Å². The highest BCUT2D eigenvalue weighted by Gasteiger charge is 2.50.